The smallest absolute Gasteiger partial charge is 0.681 e. The Kier molecular flexibility index (Phi) is 18.6. The Bertz CT molecular complexity index is 2450. The van der Waals surface area contributed by atoms with Crippen LogP contribution >= 0.6 is 0 Å². The fourth-order valence-corrected chi connectivity index (χ4v) is 10.6. The predicted molar refractivity (Wildman–Crippen MR) is 266 cm³/mol. The molecule has 65 heavy (non-hydrogen) atoms. The number of allylic oxidation sites excluding steroid dienone is 1. The minimum absolute atomic E-state index is 0. The van der Waals surface area contributed by atoms with E-state index in [9.17, 15) is 14.7 Å². The third-order valence-corrected chi connectivity index (χ3v) is 14.8. The Hall–Kier alpha value is -3.89. The van der Waals surface area contributed by atoms with Gasteiger partial charge in [0, 0.05) is 11.6 Å². The molecule has 6 rings (SSSR count). The van der Waals surface area contributed by atoms with Crippen LogP contribution in [0.5, 0.6) is 0 Å². The number of hydrogen-bond acceptors (Lipinski definition) is 5. The molecule has 2 aliphatic heterocycles. The Balaban J connectivity index is 0.00000793. The molecular formula is C55H76MgN4O5-2. The second kappa shape index (κ2) is 23.2. The molecule has 3 aromatic heterocycles. The molecule has 1 N–H and O–H groups in total. The topological polar surface area (TPSA) is 129 Å². The summed E-state index contributed by atoms with van der Waals surface area (Å²) in [6, 6.07) is -0.561. The van der Waals surface area contributed by atoms with Crippen molar-refractivity contribution in [2.45, 2.75) is 159 Å². The van der Waals surface area contributed by atoms with Crippen LogP contribution in [0.15, 0.2) is 12.3 Å². The van der Waals surface area contributed by atoms with Crippen molar-refractivity contribution in [1.82, 2.24) is 15.0 Å². The first-order valence-electron chi connectivity index (χ1n) is 24.5. The van der Waals surface area contributed by atoms with Crippen LogP contribution in [-0.4, -0.2) is 59.9 Å². The van der Waals surface area contributed by atoms with Crippen LogP contribution in [-0.2, 0) is 25.5 Å². The van der Waals surface area contributed by atoms with Crippen LogP contribution in [0.1, 0.15) is 170 Å². The van der Waals surface area contributed by atoms with Gasteiger partial charge >= 0.3 is 35.0 Å². The maximum atomic E-state index is 13.6. The molecule has 0 saturated carbocycles. The van der Waals surface area contributed by atoms with Crippen LogP contribution in [0.4, 0.5) is 0 Å². The van der Waals surface area contributed by atoms with Crippen LogP contribution in [0, 0.1) is 62.2 Å². The largest absolute Gasteiger partial charge is 2.00 e. The molecule has 8 bridgehead atoms. The number of hydrogen-bond donors (Lipinski definition) is 1. The zero-order valence-electron chi connectivity index (χ0n) is 41.6. The molecule has 1 unspecified atom stereocenters. The van der Waals surface area contributed by atoms with E-state index in [2.05, 4.69) is 62.0 Å². The van der Waals surface area contributed by atoms with Gasteiger partial charge in [-0.15, -0.1) is 33.1 Å². The van der Waals surface area contributed by atoms with Gasteiger partial charge in [0.25, 0.3) is 0 Å². The van der Waals surface area contributed by atoms with Crippen molar-refractivity contribution >= 4 is 70.6 Å². The molecule has 0 spiro atoms. The second-order valence-corrected chi connectivity index (χ2v) is 20.0. The van der Waals surface area contributed by atoms with Gasteiger partial charge < -0.3 is 34.8 Å². The van der Waals surface area contributed by atoms with Crippen molar-refractivity contribution in [3.63, 3.8) is 0 Å². The number of methoxy groups -OCH3 is 1. The third-order valence-electron chi connectivity index (χ3n) is 14.8. The Labute approximate surface area is 405 Å². The number of carbonyl (C=O) groups excluding carboxylic acids is 2. The summed E-state index contributed by atoms with van der Waals surface area (Å²) in [6.45, 7) is 26.6. The standard InChI is InChI=1S/C55H76N4O5.Mg/c1-13-39-35(8)42-28-44-37(10)41(24-25-48(60)64-27-26-34(7)23-17-22-33(6)21-16-20-32(5)19-15-18-31(3)4)52(58-44)50-51(55(62)63-12)54(61)49-38(11)45(59-53(49)50)30-47-40(14-2)36(9)43(57-47)29-46(39)56-42;/h13,28-34,37,41,51-52,61H,1,14-27H2,2-12H3;/q-4;+2/b43-29-,44-28-,47-30-;/t32-,33-,34+,37+,41+,51-,52?;/m1./s1. The molecule has 3 aliphatic rings. The Morgan fingerprint density at radius 2 is 1.40 bits per heavy atom. The van der Waals surface area contributed by atoms with E-state index in [-0.39, 0.29) is 53.0 Å². The number of fused-ring (bicyclic) bond motifs is 8. The third kappa shape index (κ3) is 11.8. The monoisotopic (exact) mass is 897 g/mol. The maximum absolute atomic E-state index is 13.6. The summed E-state index contributed by atoms with van der Waals surface area (Å²) in [5, 5.41) is 20.0. The molecule has 0 amide bonds. The second-order valence-electron chi connectivity index (χ2n) is 20.0. The minimum Gasteiger partial charge on any atom is -0.681 e. The van der Waals surface area contributed by atoms with E-state index in [0.717, 1.165) is 92.6 Å². The fraction of sp³-hybridized carbons (Fsp3) is 0.600. The number of carbonyl (C=O) groups is 2. The summed E-state index contributed by atoms with van der Waals surface area (Å²) in [6.07, 6.45) is 21.8. The fourth-order valence-electron chi connectivity index (χ4n) is 10.6. The predicted octanol–water partition coefficient (Wildman–Crippen LogP) is 8.74. The van der Waals surface area contributed by atoms with Gasteiger partial charge in [-0.1, -0.05) is 171 Å². The van der Waals surface area contributed by atoms with Crippen molar-refractivity contribution in [2.75, 3.05) is 13.7 Å². The van der Waals surface area contributed by atoms with Crippen molar-refractivity contribution in [2.24, 2.45) is 41.4 Å². The summed E-state index contributed by atoms with van der Waals surface area (Å²) in [7, 11) is 1.34. The van der Waals surface area contributed by atoms with E-state index < -0.39 is 17.9 Å². The van der Waals surface area contributed by atoms with Crippen molar-refractivity contribution in [3.8, 4) is 0 Å². The maximum Gasteiger partial charge on any atom is 2.00 e. The van der Waals surface area contributed by atoms with Crippen LogP contribution in [0.25, 0.3) is 41.0 Å². The van der Waals surface area contributed by atoms with Crippen molar-refractivity contribution < 1.29 is 24.2 Å². The number of rotatable bonds is 21. The quantitative estimate of drug-likeness (QED) is 0.0831. The van der Waals surface area contributed by atoms with Gasteiger partial charge in [0.1, 0.15) is 11.7 Å². The van der Waals surface area contributed by atoms with Gasteiger partial charge in [-0.3, -0.25) is 9.59 Å². The number of aliphatic hydroxyl groups excluding tert-OH is 1. The SMILES string of the molecule is C=Cc1c2[n-]c(c1C)/C=C1\[N-]C(C3=c4[n-]c(c(C)c4=C(O)[C@@H]3C(=O)OC)/C=c3\[n-]/c(c(C)c3CC)=C\2)[C@@H](CCC(=O)OCC[C@@H](C)CCC[C@H](C)CCC[C@H](C)CCCC(C)C)[C@@H]1C.[Mg+2]. The van der Waals surface area contributed by atoms with E-state index in [1.54, 1.807) is 0 Å². The average molecular weight is 898 g/mol. The van der Waals surface area contributed by atoms with E-state index in [1.165, 1.54) is 58.5 Å². The molecule has 3 aromatic rings. The molecule has 9 nitrogen and oxygen atoms in total. The van der Waals surface area contributed by atoms with Gasteiger partial charge in [0.15, 0.2) is 0 Å². The van der Waals surface area contributed by atoms with Crippen molar-refractivity contribution in [1.29, 1.82) is 0 Å². The normalized spacial score (nSPS) is 21.9. The molecule has 350 valence electrons. The molecule has 5 heterocycles. The zero-order valence-corrected chi connectivity index (χ0v) is 43.0. The molecule has 1 fully saturated rings. The first-order chi connectivity index (χ1) is 30.6. The Morgan fingerprint density at radius 1 is 0.800 bits per heavy atom. The molecule has 0 radical (unpaired) electrons. The summed E-state index contributed by atoms with van der Waals surface area (Å²) in [5.74, 6) is 0.610. The van der Waals surface area contributed by atoms with E-state index in [0.29, 0.717) is 40.8 Å². The molecule has 10 heteroatoms. The van der Waals surface area contributed by atoms with E-state index in [1.807, 2.05) is 38.2 Å². The van der Waals surface area contributed by atoms with Crippen LogP contribution in [0.3, 0.4) is 0 Å². The van der Waals surface area contributed by atoms with E-state index in [4.69, 9.17) is 29.7 Å². The van der Waals surface area contributed by atoms with Gasteiger partial charge in [0.2, 0.25) is 0 Å². The summed E-state index contributed by atoms with van der Waals surface area (Å²) in [5.41, 5.74) is 8.55. The summed E-state index contributed by atoms with van der Waals surface area (Å²) in [4.78, 5) is 42.5. The van der Waals surface area contributed by atoms with Gasteiger partial charge in [0.05, 0.1) is 13.7 Å². The first-order valence-corrected chi connectivity index (χ1v) is 24.5. The van der Waals surface area contributed by atoms with Gasteiger partial charge in [-0.2, -0.15) is 5.70 Å². The number of aliphatic hydroxyl groups is 1. The molecule has 1 saturated heterocycles. The molecular weight excluding hydrogens is 821 g/mol. The van der Waals surface area contributed by atoms with Crippen LogP contribution in [0.2, 0.25) is 0 Å². The van der Waals surface area contributed by atoms with Crippen LogP contribution < -0.4 is 36.2 Å². The Morgan fingerprint density at radius 3 is 2.00 bits per heavy atom. The van der Waals surface area contributed by atoms with Crippen molar-refractivity contribution in [3.05, 3.63) is 83.8 Å². The number of aromatic nitrogens is 3. The zero-order chi connectivity index (χ0) is 46.4. The molecule has 1 aliphatic carbocycles. The van der Waals surface area contributed by atoms with Gasteiger partial charge in [-0.25, -0.2) is 0 Å². The average Bonchev–Trinajstić information content (AvgIpc) is 3.99. The van der Waals surface area contributed by atoms with Gasteiger partial charge in [-0.05, 0) is 81.1 Å². The molecule has 0 aromatic carbocycles. The minimum atomic E-state index is -1.06. The number of ether oxygens (including phenoxy) is 2. The first kappa shape index (κ1) is 52.1. The van der Waals surface area contributed by atoms with E-state index >= 15 is 0 Å². The summed E-state index contributed by atoms with van der Waals surface area (Å²) < 4.78 is 11.2. The number of nitrogens with zero attached hydrogens (tertiary/aromatic N) is 4. The molecule has 7 atom stereocenters. The summed E-state index contributed by atoms with van der Waals surface area (Å²) >= 11 is 0. The number of esters is 2.